The highest BCUT2D eigenvalue weighted by Crippen LogP contribution is 2.28. The van der Waals surface area contributed by atoms with Crippen LogP contribution in [0.1, 0.15) is 37.3 Å². The van der Waals surface area contributed by atoms with Gasteiger partial charge in [-0.15, -0.1) is 0 Å². The van der Waals surface area contributed by atoms with E-state index in [1.165, 1.54) is 30.7 Å². The molecule has 1 aliphatic rings. The molecule has 1 aromatic heterocycles. The molecule has 86 valence electrons. The van der Waals surface area contributed by atoms with Crippen molar-refractivity contribution < 1.29 is 4.39 Å². The van der Waals surface area contributed by atoms with Gasteiger partial charge in [-0.25, -0.2) is 9.82 Å². The zero-order valence-electron chi connectivity index (χ0n) is 9.12. The van der Waals surface area contributed by atoms with Gasteiger partial charge in [0.05, 0.1) is 12.2 Å². The van der Waals surface area contributed by atoms with E-state index in [1.807, 2.05) is 0 Å². The van der Waals surface area contributed by atoms with Crippen LogP contribution in [0.15, 0.2) is 30.1 Å². The number of hydrogen-bond donors (Lipinski definition) is 2. The van der Waals surface area contributed by atoms with E-state index >= 15 is 0 Å². The van der Waals surface area contributed by atoms with E-state index in [0.29, 0.717) is 0 Å². The van der Waals surface area contributed by atoms with Gasteiger partial charge in [-0.1, -0.05) is 11.6 Å². The van der Waals surface area contributed by atoms with Gasteiger partial charge in [-0.2, -0.15) is 0 Å². The second-order valence-electron chi connectivity index (χ2n) is 4.06. The SMILES string of the molecule is NNC(C1=CCCCC1)c1cncc(F)c1. The molecular formula is C12H16FN3. The van der Waals surface area contributed by atoms with E-state index in [2.05, 4.69) is 16.5 Å². The molecular weight excluding hydrogens is 205 g/mol. The standard InChI is InChI=1S/C12H16FN3/c13-11-6-10(7-15-8-11)12(16-14)9-4-2-1-3-5-9/h4,6-8,12,16H,1-3,5,14H2. The highest BCUT2D eigenvalue weighted by Gasteiger charge is 2.17. The summed E-state index contributed by atoms with van der Waals surface area (Å²) >= 11 is 0. The number of nitrogens with zero attached hydrogens (tertiary/aromatic N) is 1. The summed E-state index contributed by atoms with van der Waals surface area (Å²) in [5.41, 5.74) is 4.77. The van der Waals surface area contributed by atoms with Crippen LogP contribution in [0, 0.1) is 5.82 Å². The molecule has 4 heteroatoms. The van der Waals surface area contributed by atoms with Crippen molar-refractivity contribution in [1.82, 2.24) is 10.4 Å². The molecule has 1 atom stereocenters. The Balaban J connectivity index is 2.25. The third kappa shape index (κ3) is 2.46. The van der Waals surface area contributed by atoms with Crippen molar-refractivity contribution >= 4 is 0 Å². The van der Waals surface area contributed by atoms with Crippen molar-refractivity contribution in [3.05, 3.63) is 41.5 Å². The molecule has 3 nitrogen and oxygen atoms in total. The minimum Gasteiger partial charge on any atom is -0.271 e. The van der Waals surface area contributed by atoms with E-state index in [0.717, 1.165) is 18.4 Å². The molecule has 16 heavy (non-hydrogen) atoms. The van der Waals surface area contributed by atoms with Gasteiger partial charge in [0, 0.05) is 6.20 Å². The molecule has 0 aromatic carbocycles. The number of hydrogen-bond acceptors (Lipinski definition) is 3. The van der Waals surface area contributed by atoms with Gasteiger partial charge in [-0.3, -0.25) is 10.8 Å². The number of rotatable bonds is 3. The van der Waals surface area contributed by atoms with E-state index in [4.69, 9.17) is 5.84 Å². The number of pyridine rings is 1. The average Bonchev–Trinajstić information content (AvgIpc) is 2.31. The fourth-order valence-electron chi connectivity index (χ4n) is 2.13. The topological polar surface area (TPSA) is 50.9 Å². The number of nitrogens with one attached hydrogen (secondary N) is 1. The third-order valence-corrected chi connectivity index (χ3v) is 2.92. The fourth-order valence-corrected chi connectivity index (χ4v) is 2.13. The first kappa shape index (κ1) is 11.2. The quantitative estimate of drug-likeness (QED) is 0.467. The molecule has 0 fully saturated rings. The number of nitrogens with two attached hydrogens (primary N) is 1. The lowest BCUT2D eigenvalue weighted by Gasteiger charge is -2.22. The third-order valence-electron chi connectivity index (χ3n) is 2.92. The van der Waals surface area contributed by atoms with Crippen LogP contribution in [-0.4, -0.2) is 4.98 Å². The van der Waals surface area contributed by atoms with Gasteiger partial charge in [0.2, 0.25) is 0 Å². The Morgan fingerprint density at radius 1 is 1.38 bits per heavy atom. The van der Waals surface area contributed by atoms with Crippen molar-refractivity contribution in [1.29, 1.82) is 0 Å². The summed E-state index contributed by atoms with van der Waals surface area (Å²) in [6, 6.07) is 1.37. The van der Waals surface area contributed by atoms with Gasteiger partial charge in [0.15, 0.2) is 0 Å². The van der Waals surface area contributed by atoms with Crippen LogP contribution in [0.5, 0.6) is 0 Å². The molecule has 0 saturated heterocycles. The van der Waals surface area contributed by atoms with Crippen molar-refractivity contribution in [3.63, 3.8) is 0 Å². The average molecular weight is 221 g/mol. The highest BCUT2D eigenvalue weighted by molar-refractivity contribution is 5.26. The molecule has 1 aromatic rings. The molecule has 0 amide bonds. The van der Waals surface area contributed by atoms with Crippen molar-refractivity contribution in [2.75, 3.05) is 0 Å². The molecule has 1 aliphatic carbocycles. The molecule has 1 unspecified atom stereocenters. The molecule has 0 saturated carbocycles. The maximum Gasteiger partial charge on any atom is 0.141 e. The Kier molecular flexibility index (Phi) is 3.64. The first-order valence-corrected chi connectivity index (χ1v) is 5.57. The largest absolute Gasteiger partial charge is 0.271 e. The first-order valence-electron chi connectivity index (χ1n) is 5.57. The fraction of sp³-hybridized carbons (Fsp3) is 0.417. The Labute approximate surface area is 94.5 Å². The Morgan fingerprint density at radius 2 is 2.25 bits per heavy atom. The van der Waals surface area contributed by atoms with Crippen LogP contribution in [0.2, 0.25) is 0 Å². The number of aromatic nitrogens is 1. The highest BCUT2D eigenvalue weighted by atomic mass is 19.1. The summed E-state index contributed by atoms with van der Waals surface area (Å²) in [5.74, 6) is 5.22. The minimum absolute atomic E-state index is 0.108. The zero-order chi connectivity index (χ0) is 11.4. The summed E-state index contributed by atoms with van der Waals surface area (Å²) in [4.78, 5) is 3.85. The summed E-state index contributed by atoms with van der Waals surface area (Å²) in [5, 5.41) is 0. The van der Waals surface area contributed by atoms with Gasteiger partial charge in [0.25, 0.3) is 0 Å². The number of hydrazine groups is 1. The van der Waals surface area contributed by atoms with Gasteiger partial charge in [0.1, 0.15) is 5.82 Å². The first-order chi connectivity index (χ1) is 7.81. The van der Waals surface area contributed by atoms with Crippen LogP contribution in [0.3, 0.4) is 0 Å². The maximum absolute atomic E-state index is 13.1. The van der Waals surface area contributed by atoms with Gasteiger partial charge < -0.3 is 0 Å². The minimum atomic E-state index is -0.325. The Hall–Kier alpha value is -1.26. The second kappa shape index (κ2) is 5.18. The van der Waals surface area contributed by atoms with E-state index < -0.39 is 0 Å². The predicted octanol–water partition coefficient (Wildman–Crippen LogP) is 2.23. The molecule has 3 N–H and O–H groups in total. The van der Waals surface area contributed by atoms with E-state index in [-0.39, 0.29) is 11.9 Å². The van der Waals surface area contributed by atoms with E-state index in [1.54, 1.807) is 6.20 Å². The van der Waals surface area contributed by atoms with Crippen molar-refractivity contribution in [2.24, 2.45) is 5.84 Å². The molecule has 0 bridgehead atoms. The van der Waals surface area contributed by atoms with Crippen LogP contribution in [0.25, 0.3) is 0 Å². The van der Waals surface area contributed by atoms with Crippen LogP contribution >= 0.6 is 0 Å². The van der Waals surface area contributed by atoms with Crippen molar-refractivity contribution in [3.8, 4) is 0 Å². The number of allylic oxidation sites excluding steroid dienone is 1. The molecule has 1 heterocycles. The second-order valence-corrected chi connectivity index (χ2v) is 4.06. The lowest BCUT2D eigenvalue weighted by Crippen LogP contribution is -2.30. The van der Waals surface area contributed by atoms with Crippen LogP contribution in [-0.2, 0) is 0 Å². The molecule has 0 aliphatic heterocycles. The maximum atomic E-state index is 13.1. The lowest BCUT2D eigenvalue weighted by atomic mass is 9.91. The lowest BCUT2D eigenvalue weighted by molar-refractivity contribution is 0.556. The van der Waals surface area contributed by atoms with Gasteiger partial charge >= 0.3 is 0 Å². The zero-order valence-corrected chi connectivity index (χ0v) is 9.12. The molecule has 2 rings (SSSR count). The summed E-state index contributed by atoms with van der Waals surface area (Å²) in [7, 11) is 0. The predicted molar refractivity (Wildman–Crippen MR) is 60.8 cm³/mol. The monoisotopic (exact) mass is 221 g/mol. The van der Waals surface area contributed by atoms with E-state index in [9.17, 15) is 4.39 Å². The normalized spacial score (nSPS) is 18.0. The summed E-state index contributed by atoms with van der Waals surface area (Å²) in [6.45, 7) is 0. The number of halogens is 1. The molecule has 0 radical (unpaired) electrons. The van der Waals surface area contributed by atoms with Crippen LogP contribution < -0.4 is 11.3 Å². The Morgan fingerprint density at radius 3 is 2.88 bits per heavy atom. The summed E-state index contributed by atoms with van der Waals surface area (Å²) < 4.78 is 13.1. The summed E-state index contributed by atoms with van der Waals surface area (Å²) in [6.07, 6.45) is 9.55. The molecule has 0 spiro atoms. The van der Waals surface area contributed by atoms with Gasteiger partial charge in [-0.05, 0) is 37.3 Å². The smallest absolute Gasteiger partial charge is 0.141 e. The van der Waals surface area contributed by atoms with Crippen LogP contribution in [0.4, 0.5) is 4.39 Å². The van der Waals surface area contributed by atoms with Crippen molar-refractivity contribution in [2.45, 2.75) is 31.7 Å². The Bertz CT molecular complexity index is 390.